The summed E-state index contributed by atoms with van der Waals surface area (Å²) in [6, 6.07) is 18.3. The van der Waals surface area contributed by atoms with Gasteiger partial charge in [0.1, 0.15) is 5.60 Å². The lowest BCUT2D eigenvalue weighted by Gasteiger charge is -2.25. The Bertz CT molecular complexity index is 1110. The number of nitrogens with one attached hydrogen (secondary N) is 1. The number of para-hydroxylation sites is 1. The summed E-state index contributed by atoms with van der Waals surface area (Å²) in [5, 5.41) is 1.10. The van der Waals surface area contributed by atoms with E-state index < -0.39 is 5.60 Å². The van der Waals surface area contributed by atoms with E-state index in [0.717, 1.165) is 35.7 Å². The number of amides is 2. The van der Waals surface area contributed by atoms with Crippen molar-refractivity contribution in [3.8, 4) is 0 Å². The van der Waals surface area contributed by atoms with E-state index in [-0.39, 0.29) is 12.0 Å². The van der Waals surface area contributed by atoms with Crippen molar-refractivity contribution in [2.75, 3.05) is 26.2 Å². The minimum absolute atomic E-state index is 0.136. The SMILES string of the molecule is O=C(Cc1c[nH]c2ccccc12)N1CCC[C@]2(CC1)CN(CCc1ccccc1)C(=O)O2. The number of aromatic nitrogens is 1. The van der Waals surface area contributed by atoms with Crippen LogP contribution < -0.4 is 0 Å². The number of rotatable bonds is 5. The van der Waals surface area contributed by atoms with Crippen LogP contribution in [-0.4, -0.2) is 58.6 Å². The molecule has 2 saturated heterocycles. The molecule has 0 unspecified atom stereocenters. The first kappa shape index (κ1) is 20.6. The Kier molecular flexibility index (Phi) is 5.60. The van der Waals surface area contributed by atoms with Crippen molar-refractivity contribution in [1.29, 1.82) is 0 Å². The predicted molar refractivity (Wildman–Crippen MR) is 123 cm³/mol. The number of aromatic amines is 1. The lowest BCUT2D eigenvalue weighted by molar-refractivity contribution is -0.130. The maximum absolute atomic E-state index is 13.0. The molecule has 3 aromatic rings. The van der Waals surface area contributed by atoms with Gasteiger partial charge in [-0.15, -0.1) is 0 Å². The fraction of sp³-hybridized carbons (Fsp3) is 0.385. The Balaban J connectivity index is 1.19. The average molecular weight is 432 g/mol. The number of likely N-dealkylation sites (tertiary alicyclic amines) is 1. The van der Waals surface area contributed by atoms with E-state index in [2.05, 4.69) is 17.1 Å². The molecule has 3 heterocycles. The Morgan fingerprint density at radius 3 is 2.72 bits per heavy atom. The van der Waals surface area contributed by atoms with Crippen molar-refractivity contribution in [3.63, 3.8) is 0 Å². The molecule has 0 saturated carbocycles. The molecule has 1 aromatic heterocycles. The molecule has 0 aliphatic carbocycles. The molecule has 6 nitrogen and oxygen atoms in total. The summed E-state index contributed by atoms with van der Waals surface area (Å²) in [6.45, 7) is 2.61. The topological polar surface area (TPSA) is 65.6 Å². The molecule has 2 aromatic carbocycles. The fourth-order valence-electron chi connectivity index (χ4n) is 5.00. The Hall–Kier alpha value is -3.28. The van der Waals surface area contributed by atoms with Crippen LogP contribution >= 0.6 is 0 Å². The highest BCUT2D eigenvalue weighted by Gasteiger charge is 2.45. The van der Waals surface area contributed by atoms with Gasteiger partial charge in [0.05, 0.1) is 13.0 Å². The van der Waals surface area contributed by atoms with Crippen molar-refractivity contribution in [2.45, 2.75) is 37.7 Å². The van der Waals surface area contributed by atoms with E-state index in [0.29, 0.717) is 39.0 Å². The first-order chi connectivity index (χ1) is 15.6. The molecule has 2 amide bonds. The Morgan fingerprint density at radius 2 is 1.84 bits per heavy atom. The highest BCUT2D eigenvalue weighted by molar-refractivity contribution is 5.88. The molecule has 2 aliphatic heterocycles. The van der Waals surface area contributed by atoms with Gasteiger partial charge in [-0.05, 0) is 36.5 Å². The molecular weight excluding hydrogens is 402 g/mol. The summed E-state index contributed by atoms with van der Waals surface area (Å²) >= 11 is 0. The molecule has 1 spiro atoms. The maximum Gasteiger partial charge on any atom is 0.410 e. The van der Waals surface area contributed by atoms with Crippen molar-refractivity contribution in [3.05, 3.63) is 71.9 Å². The van der Waals surface area contributed by atoms with Gasteiger partial charge >= 0.3 is 6.09 Å². The van der Waals surface area contributed by atoms with Gasteiger partial charge in [0.2, 0.25) is 5.91 Å². The summed E-state index contributed by atoms with van der Waals surface area (Å²) < 4.78 is 5.91. The second-order valence-electron chi connectivity index (χ2n) is 8.98. The third-order valence-electron chi connectivity index (χ3n) is 6.82. The molecule has 1 atom stereocenters. The minimum Gasteiger partial charge on any atom is -0.441 e. The van der Waals surface area contributed by atoms with Gasteiger partial charge < -0.3 is 19.5 Å². The Morgan fingerprint density at radius 1 is 1.03 bits per heavy atom. The van der Waals surface area contributed by atoms with Crippen molar-refractivity contribution >= 4 is 22.9 Å². The fourth-order valence-corrected chi connectivity index (χ4v) is 5.00. The summed E-state index contributed by atoms with van der Waals surface area (Å²) in [7, 11) is 0. The van der Waals surface area contributed by atoms with Crippen LogP contribution in [0, 0.1) is 0 Å². The smallest absolute Gasteiger partial charge is 0.410 e. The van der Waals surface area contributed by atoms with Crippen LogP contribution in [0.1, 0.15) is 30.4 Å². The van der Waals surface area contributed by atoms with Crippen LogP contribution in [0.4, 0.5) is 4.79 Å². The molecule has 1 N–H and O–H groups in total. The van der Waals surface area contributed by atoms with Crippen LogP contribution in [0.2, 0.25) is 0 Å². The normalized spacial score (nSPS) is 21.2. The van der Waals surface area contributed by atoms with Crippen molar-refractivity contribution in [1.82, 2.24) is 14.8 Å². The number of H-pyrrole nitrogens is 1. The summed E-state index contributed by atoms with van der Waals surface area (Å²) in [4.78, 5) is 32.6. The predicted octanol–water partition coefficient (Wildman–Crippen LogP) is 4.16. The molecule has 2 fully saturated rings. The molecule has 0 radical (unpaired) electrons. The zero-order chi connectivity index (χ0) is 22.0. The number of ether oxygens (including phenoxy) is 1. The first-order valence-electron chi connectivity index (χ1n) is 11.5. The van der Waals surface area contributed by atoms with Crippen LogP contribution in [0.15, 0.2) is 60.8 Å². The summed E-state index contributed by atoms with van der Waals surface area (Å²) in [5.41, 5.74) is 2.84. The third kappa shape index (κ3) is 4.22. The second-order valence-corrected chi connectivity index (χ2v) is 8.98. The number of carbonyl (C=O) groups is 2. The lowest BCUT2D eigenvalue weighted by Crippen LogP contribution is -2.38. The second kappa shape index (κ2) is 8.69. The molecular formula is C26H29N3O3. The molecule has 166 valence electrons. The molecule has 32 heavy (non-hydrogen) atoms. The first-order valence-corrected chi connectivity index (χ1v) is 11.5. The number of hydrogen-bond acceptors (Lipinski definition) is 3. The number of fused-ring (bicyclic) bond motifs is 1. The van der Waals surface area contributed by atoms with Gasteiger partial charge in [-0.3, -0.25) is 4.79 Å². The number of hydrogen-bond donors (Lipinski definition) is 1. The molecule has 2 aliphatic rings. The van der Waals surface area contributed by atoms with Crippen LogP contribution in [0.5, 0.6) is 0 Å². The maximum atomic E-state index is 13.0. The van der Waals surface area contributed by atoms with E-state index in [1.165, 1.54) is 5.56 Å². The quantitative estimate of drug-likeness (QED) is 0.660. The molecule has 0 bridgehead atoms. The number of benzene rings is 2. The average Bonchev–Trinajstić information content (AvgIpc) is 3.28. The van der Waals surface area contributed by atoms with Gasteiger partial charge in [0, 0.05) is 43.2 Å². The number of nitrogens with zero attached hydrogens (tertiary/aromatic N) is 2. The number of carbonyl (C=O) groups excluding carboxylic acids is 2. The minimum atomic E-state index is -0.469. The molecule has 5 rings (SSSR count). The lowest BCUT2D eigenvalue weighted by atomic mass is 9.95. The van der Waals surface area contributed by atoms with Crippen LogP contribution in [0.3, 0.4) is 0 Å². The largest absolute Gasteiger partial charge is 0.441 e. The van der Waals surface area contributed by atoms with E-state index in [9.17, 15) is 9.59 Å². The van der Waals surface area contributed by atoms with Gasteiger partial charge in [0.15, 0.2) is 0 Å². The van der Waals surface area contributed by atoms with Crippen LogP contribution in [0.25, 0.3) is 10.9 Å². The van der Waals surface area contributed by atoms with Crippen molar-refractivity contribution in [2.24, 2.45) is 0 Å². The highest BCUT2D eigenvalue weighted by Crippen LogP contribution is 2.33. The zero-order valence-electron chi connectivity index (χ0n) is 18.3. The van der Waals surface area contributed by atoms with E-state index in [1.807, 2.05) is 58.5 Å². The summed E-state index contributed by atoms with van der Waals surface area (Å²) in [6.07, 6.45) is 5.27. The zero-order valence-corrected chi connectivity index (χ0v) is 18.3. The van der Waals surface area contributed by atoms with Gasteiger partial charge in [-0.25, -0.2) is 4.79 Å². The van der Waals surface area contributed by atoms with Gasteiger partial charge in [-0.1, -0.05) is 48.5 Å². The monoisotopic (exact) mass is 431 g/mol. The highest BCUT2D eigenvalue weighted by atomic mass is 16.6. The van der Waals surface area contributed by atoms with E-state index >= 15 is 0 Å². The standard InChI is InChI=1S/C26H29N3O3/c30-24(17-21-18-27-23-10-5-4-9-22(21)23)28-14-6-12-26(13-16-28)19-29(25(31)32-26)15-11-20-7-2-1-3-8-20/h1-5,7-10,18,27H,6,11-17,19H2/t26-/m0/s1. The van der Waals surface area contributed by atoms with Crippen LogP contribution in [-0.2, 0) is 22.4 Å². The van der Waals surface area contributed by atoms with E-state index in [4.69, 9.17) is 4.74 Å². The molecule has 6 heteroatoms. The third-order valence-corrected chi connectivity index (χ3v) is 6.82. The van der Waals surface area contributed by atoms with E-state index in [1.54, 1.807) is 0 Å². The summed E-state index contributed by atoms with van der Waals surface area (Å²) in [5.74, 6) is 0.136. The van der Waals surface area contributed by atoms with Crippen molar-refractivity contribution < 1.29 is 14.3 Å². The van der Waals surface area contributed by atoms with Gasteiger partial charge in [-0.2, -0.15) is 0 Å². The Labute approximate surface area is 188 Å². The van der Waals surface area contributed by atoms with Gasteiger partial charge in [0.25, 0.3) is 0 Å².